The molecule has 0 atom stereocenters. The van der Waals surface area contributed by atoms with Crippen molar-refractivity contribution in [3.63, 3.8) is 0 Å². The molecule has 1 aliphatic rings. The van der Waals surface area contributed by atoms with E-state index in [1.54, 1.807) is 18.3 Å². The van der Waals surface area contributed by atoms with Gasteiger partial charge in [-0.05, 0) is 36.2 Å². The Hall–Kier alpha value is -2.89. The lowest BCUT2D eigenvalue weighted by Gasteiger charge is -2.18. The lowest BCUT2D eigenvalue weighted by molar-refractivity contribution is -0.116. The van der Waals surface area contributed by atoms with Gasteiger partial charge in [-0.15, -0.1) is 0 Å². The summed E-state index contributed by atoms with van der Waals surface area (Å²) in [7, 11) is 3.84. The third kappa shape index (κ3) is 3.37. The minimum absolute atomic E-state index is 0.0208. The normalized spacial score (nSPS) is 13.0. The van der Waals surface area contributed by atoms with Crippen LogP contribution in [0.4, 0.5) is 11.5 Å². The van der Waals surface area contributed by atoms with Crippen LogP contribution in [0.5, 0.6) is 0 Å². The highest BCUT2D eigenvalue weighted by Gasteiger charge is 2.17. The van der Waals surface area contributed by atoms with Crippen molar-refractivity contribution in [2.75, 3.05) is 24.3 Å². The molecule has 0 aliphatic carbocycles. The molecule has 0 saturated heterocycles. The zero-order chi connectivity index (χ0) is 17.1. The monoisotopic (exact) mass is 324 g/mol. The van der Waals surface area contributed by atoms with E-state index in [9.17, 15) is 9.59 Å². The molecule has 0 unspecified atom stereocenters. The van der Waals surface area contributed by atoms with E-state index in [1.807, 2.05) is 37.2 Å². The molecule has 6 nitrogen and oxygen atoms in total. The molecule has 0 fully saturated rings. The van der Waals surface area contributed by atoms with Crippen molar-refractivity contribution < 1.29 is 9.59 Å². The average Bonchev–Trinajstić information content (AvgIpc) is 2.59. The molecule has 1 aromatic carbocycles. The molecule has 2 N–H and O–H groups in total. The molecular formula is C18H20N4O2. The first-order chi connectivity index (χ1) is 11.5. The predicted molar refractivity (Wildman–Crippen MR) is 93.1 cm³/mol. The van der Waals surface area contributed by atoms with Gasteiger partial charge in [-0.2, -0.15) is 0 Å². The Morgan fingerprint density at radius 3 is 2.92 bits per heavy atom. The number of rotatable bonds is 4. The molecule has 6 heteroatoms. The van der Waals surface area contributed by atoms with Crippen molar-refractivity contribution >= 4 is 23.3 Å². The number of aromatic nitrogens is 1. The first-order valence-electron chi connectivity index (χ1n) is 7.87. The molecular weight excluding hydrogens is 304 g/mol. The smallest absolute Gasteiger partial charge is 0.251 e. The second-order valence-electron chi connectivity index (χ2n) is 5.98. The zero-order valence-corrected chi connectivity index (χ0v) is 13.8. The van der Waals surface area contributed by atoms with Gasteiger partial charge in [-0.25, -0.2) is 4.98 Å². The van der Waals surface area contributed by atoms with E-state index < -0.39 is 0 Å². The topological polar surface area (TPSA) is 74.3 Å². The van der Waals surface area contributed by atoms with Crippen molar-refractivity contribution in [3.8, 4) is 0 Å². The number of pyridine rings is 1. The van der Waals surface area contributed by atoms with Crippen molar-refractivity contribution in [3.05, 3.63) is 53.2 Å². The Bertz CT molecular complexity index is 786. The summed E-state index contributed by atoms with van der Waals surface area (Å²) in [4.78, 5) is 30.1. The van der Waals surface area contributed by atoms with Crippen LogP contribution in [0.15, 0.2) is 36.5 Å². The maximum atomic E-state index is 12.4. The summed E-state index contributed by atoms with van der Waals surface area (Å²) in [6, 6.07) is 9.17. The summed E-state index contributed by atoms with van der Waals surface area (Å²) in [5.41, 5.74) is 3.35. The highest BCUT2D eigenvalue weighted by molar-refractivity contribution is 5.97. The molecule has 124 valence electrons. The number of aryl methyl sites for hydroxylation is 1. The molecule has 2 aromatic rings. The highest BCUT2D eigenvalue weighted by Crippen LogP contribution is 2.23. The van der Waals surface area contributed by atoms with Crippen LogP contribution in [0.2, 0.25) is 0 Å². The van der Waals surface area contributed by atoms with Crippen molar-refractivity contribution in [2.45, 2.75) is 19.4 Å². The number of fused-ring (bicyclic) bond motifs is 1. The van der Waals surface area contributed by atoms with E-state index in [1.165, 1.54) is 0 Å². The molecule has 3 rings (SSSR count). The SMILES string of the molecule is CN(C)c1ncccc1CNC(=O)c1ccc2c(c1)CCC(=O)N2. The van der Waals surface area contributed by atoms with Crippen molar-refractivity contribution in [1.29, 1.82) is 0 Å². The summed E-state index contributed by atoms with van der Waals surface area (Å²) < 4.78 is 0. The van der Waals surface area contributed by atoms with E-state index >= 15 is 0 Å². The predicted octanol–water partition coefficient (Wildman–Crippen LogP) is 1.96. The number of hydrogen-bond donors (Lipinski definition) is 2. The Morgan fingerprint density at radius 1 is 1.29 bits per heavy atom. The van der Waals surface area contributed by atoms with Gasteiger partial charge in [0.05, 0.1) is 0 Å². The minimum atomic E-state index is -0.136. The van der Waals surface area contributed by atoms with Crippen LogP contribution in [0.25, 0.3) is 0 Å². The van der Waals surface area contributed by atoms with Crippen LogP contribution in [-0.2, 0) is 17.8 Å². The second kappa shape index (κ2) is 6.70. The maximum absolute atomic E-state index is 12.4. The summed E-state index contributed by atoms with van der Waals surface area (Å²) in [6.07, 6.45) is 2.86. The van der Waals surface area contributed by atoms with E-state index in [-0.39, 0.29) is 11.8 Å². The van der Waals surface area contributed by atoms with Gasteiger partial charge in [0, 0.05) is 50.1 Å². The zero-order valence-electron chi connectivity index (χ0n) is 13.8. The number of carbonyl (C=O) groups excluding carboxylic acids is 2. The Morgan fingerprint density at radius 2 is 2.12 bits per heavy atom. The Balaban J connectivity index is 1.71. The summed E-state index contributed by atoms with van der Waals surface area (Å²) in [5.74, 6) is 0.724. The van der Waals surface area contributed by atoms with E-state index in [0.717, 1.165) is 22.6 Å². The fourth-order valence-corrected chi connectivity index (χ4v) is 2.77. The second-order valence-corrected chi connectivity index (χ2v) is 5.98. The van der Waals surface area contributed by atoms with Gasteiger partial charge in [0.1, 0.15) is 5.82 Å². The average molecular weight is 324 g/mol. The number of carbonyl (C=O) groups is 2. The molecule has 2 amide bonds. The number of nitrogens with one attached hydrogen (secondary N) is 2. The molecule has 0 saturated carbocycles. The van der Waals surface area contributed by atoms with Crippen molar-refractivity contribution in [2.24, 2.45) is 0 Å². The third-order valence-corrected chi connectivity index (χ3v) is 3.99. The van der Waals surface area contributed by atoms with Gasteiger partial charge in [-0.3, -0.25) is 9.59 Å². The minimum Gasteiger partial charge on any atom is -0.362 e. The lowest BCUT2D eigenvalue weighted by atomic mass is 10.00. The van der Waals surface area contributed by atoms with Gasteiger partial charge < -0.3 is 15.5 Å². The summed E-state index contributed by atoms with van der Waals surface area (Å²) in [5, 5.41) is 5.75. The largest absolute Gasteiger partial charge is 0.362 e. The van der Waals surface area contributed by atoms with E-state index in [0.29, 0.717) is 24.9 Å². The molecule has 0 bridgehead atoms. The van der Waals surface area contributed by atoms with Crippen LogP contribution in [0.3, 0.4) is 0 Å². The molecule has 1 aliphatic heterocycles. The number of anilines is 2. The number of nitrogens with zero attached hydrogens (tertiary/aromatic N) is 2. The third-order valence-electron chi connectivity index (χ3n) is 3.99. The first-order valence-corrected chi connectivity index (χ1v) is 7.87. The first kappa shape index (κ1) is 16.0. The molecule has 0 radical (unpaired) electrons. The van der Waals surface area contributed by atoms with E-state index in [4.69, 9.17) is 0 Å². The standard InChI is InChI=1S/C18H20N4O2/c1-22(2)17-14(4-3-9-19-17)11-20-18(24)13-5-7-15-12(10-13)6-8-16(23)21-15/h3-5,7,9-10H,6,8,11H2,1-2H3,(H,20,24)(H,21,23). The number of benzene rings is 1. The quantitative estimate of drug-likeness (QED) is 0.901. The van der Waals surface area contributed by atoms with Gasteiger partial charge in [0.25, 0.3) is 5.91 Å². The fourth-order valence-electron chi connectivity index (χ4n) is 2.77. The summed E-state index contributed by atoms with van der Waals surface area (Å²) >= 11 is 0. The lowest BCUT2D eigenvalue weighted by Crippen LogP contribution is -2.25. The summed E-state index contributed by atoms with van der Waals surface area (Å²) in [6.45, 7) is 0.411. The molecule has 1 aromatic heterocycles. The highest BCUT2D eigenvalue weighted by atomic mass is 16.2. The number of hydrogen-bond acceptors (Lipinski definition) is 4. The Labute approximate surface area is 140 Å². The van der Waals surface area contributed by atoms with Gasteiger partial charge >= 0.3 is 0 Å². The van der Waals surface area contributed by atoms with Gasteiger partial charge in [0.15, 0.2) is 0 Å². The van der Waals surface area contributed by atoms with Crippen molar-refractivity contribution in [1.82, 2.24) is 10.3 Å². The van der Waals surface area contributed by atoms with E-state index in [2.05, 4.69) is 15.6 Å². The molecule has 24 heavy (non-hydrogen) atoms. The van der Waals surface area contributed by atoms with Crippen LogP contribution < -0.4 is 15.5 Å². The molecule has 2 heterocycles. The maximum Gasteiger partial charge on any atom is 0.251 e. The van der Waals surface area contributed by atoms with Crippen LogP contribution in [-0.4, -0.2) is 30.9 Å². The van der Waals surface area contributed by atoms with Gasteiger partial charge in [-0.1, -0.05) is 6.07 Å². The Kier molecular flexibility index (Phi) is 4.46. The number of amides is 2. The fraction of sp³-hybridized carbons (Fsp3) is 0.278. The van der Waals surface area contributed by atoms with Crippen LogP contribution in [0, 0.1) is 0 Å². The molecule has 0 spiro atoms. The van der Waals surface area contributed by atoms with Crippen LogP contribution in [0.1, 0.15) is 27.9 Å². The van der Waals surface area contributed by atoms with Gasteiger partial charge in [0.2, 0.25) is 5.91 Å². The van der Waals surface area contributed by atoms with Crippen LogP contribution >= 0.6 is 0 Å².